The first-order valence-electron chi connectivity index (χ1n) is 5.31. The average Bonchev–Trinajstić information content (AvgIpc) is 2.37. The van der Waals surface area contributed by atoms with Gasteiger partial charge in [0.25, 0.3) is 0 Å². The second-order valence-corrected chi connectivity index (χ2v) is 4.66. The lowest BCUT2D eigenvalue weighted by Crippen LogP contribution is -2.04. The first-order chi connectivity index (χ1) is 9.06. The Morgan fingerprint density at radius 1 is 1.37 bits per heavy atom. The maximum atomic E-state index is 13.0. The Labute approximate surface area is 117 Å². The minimum absolute atomic E-state index is 0.119. The zero-order valence-electron chi connectivity index (χ0n) is 9.64. The molecule has 0 atom stereocenters. The van der Waals surface area contributed by atoms with Gasteiger partial charge in [-0.15, -0.1) is 0 Å². The number of aromatic carboxylic acids is 1. The number of hydrogen-bond acceptors (Lipinski definition) is 3. The molecule has 0 spiro atoms. The molecule has 1 aromatic heterocycles. The van der Waals surface area contributed by atoms with Gasteiger partial charge >= 0.3 is 5.97 Å². The summed E-state index contributed by atoms with van der Waals surface area (Å²) in [6.45, 7) is 0.151. The maximum absolute atomic E-state index is 13.0. The monoisotopic (exact) mass is 325 g/mol. The summed E-state index contributed by atoms with van der Waals surface area (Å²) in [6, 6.07) is 5.18. The van der Waals surface area contributed by atoms with Crippen LogP contribution in [0, 0.1) is 5.82 Å². The fourth-order valence-corrected chi connectivity index (χ4v) is 1.90. The van der Waals surface area contributed by atoms with Crippen molar-refractivity contribution < 1.29 is 19.0 Å². The van der Waals surface area contributed by atoms with Crippen LogP contribution in [0.25, 0.3) is 0 Å². The molecule has 0 saturated heterocycles. The molecule has 2 aromatic rings. The molecule has 0 saturated carbocycles. The van der Waals surface area contributed by atoms with Gasteiger partial charge in [-0.25, -0.2) is 9.18 Å². The van der Waals surface area contributed by atoms with Crippen LogP contribution in [0.2, 0.25) is 0 Å². The Bertz CT molecular complexity index is 619. The minimum atomic E-state index is -1.23. The summed E-state index contributed by atoms with van der Waals surface area (Å²) >= 11 is 3.27. The quantitative estimate of drug-likeness (QED) is 0.937. The number of hydrogen-bond donors (Lipinski definition) is 1. The number of nitrogens with zero attached hydrogens (tertiary/aromatic N) is 1. The van der Waals surface area contributed by atoms with Gasteiger partial charge in [-0.2, -0.15) is 0 Å². The van der Waals surface area contributed by atoms with E-state index < -0.39 is 11.8 Å². The highest BCUT2D eigenvalue weighted by Crippen LogP contribution is 2.21. The normalized spacial score (nSPS) is 10.2. The third kappa shape index (κ3) is 3.51. The average molecular weight is 326 g/mol. The second kappa shape index (κ2) is 5.79. The van der Waals surface area contributed by atoms with Gasteiger partial charge < -0.3 is 9.84 Å². The standard InChI is InChI=1S/C13H9BrFNO3/c14-9-3-8(5-16-6-9)7-19-12-2-1-10(15)4-11(12)13(17)18/h1-6H,7H2,(H,17,18). The lowest BCUT2D eigenvalue weighted by Gasteiger charge is -2.09. The van der Waals surface area contributed by atoms with Crippen LogP contribution in [0.3, 0.4) is 0 Å². The van der Waals surface area contributed by atoms with E-state index >= 15 is 0 Å². The molecule has 1 N–H and O–H groups in total. The topological polar surface area (TPSA) is 59.4 Å². The summed E-state index contributed by atoms with van der Waals surface area (Å²) in [4.78, 5) is 14.9. The molecule has 0 bridgehead atoms. The Morgan fingerprint density at radius 3 is 2.84 bits per heavy atom. The van der Waals surface area contributed by atoms with Gasteiger partial charge in [-0.3, -0.25) is 4.98 Å². The molecule has 1 heterocycles. The van der Waals surface area contributed by atoms with E-state index in [0.717, 1.165) is 22.2 Å². The summed E-state index contributed by atoms with van der Waals surface area (Å²) in [5.74, 6) is -1.73. The van der Waals surface area contributed by atoms with Crippen molar-refractivity contribution in [2.24, 2.45) is 0 Å². The van der Waals surface area contributed by atoms with E-state index in [0.29, 0.717) is 0 Å². The fraction of sp³-hybridized carbons (Fsp3) is 0.0769. The molecule has 0 aliphatic heterocycles. The summed E-state index contributed by atoms with van der Waals surface area (Å²) in [7, 11) is 0. The van der Waals surface area contributed by atoms with Gasteiger partial charge in [0.2, 0.25) is 0 Å². The molecule has 1 aromatic carbocycles. The first-order valence-corrected chi connectivity index (χ1v) is 6.10. The predicted molar refractivity (Wildman–Crippen MR) is 69.6 cm³/mol. The van der Waals surface area contributed by atoms with Gasteiger partial charge in [0, 0.05) is 22.4 Å². The highest BCUT2D eigenvalue weighted by atomic mass is 79.9. The Balaban J connectivity index is 2.17. The van der Waals surface area contributed by atoms with Gasteiger partial charge in [-0.1, -0.05) is 0 Å². The summed E-state index contributed by atoms with van der Waals surface area (Å²) in [5.41, 5.74) is 0.568. The molecule has 0 fully saturated rings. The fourth-order valence-electron chi connectivity index (χ4n) is 1.49. The van der Waals surface area contributed by atoms with E-state index in [1.807, 2.05) is 0 Å². The summed E-state index contributed by atoms with van der Waals surface area (Å²) in [6.07, 6.45) is 3.23. The number of carboxylic acid groups (broad SMARTS) is 1. The van der Waals surface area contributed by atoms with Crippen LogP contribution in [0.4, 0.5) is 4.39 Å². The van der Waals surface area contributed by atoms with Crippen molar-refractivity contribution in [1.82, 2.24) is 4.98 Å². The van der Waals surface area contributed by atoms with Crippen molar-refractivity contribution in [3.8, 4) is 5.75 Å². The molecular formula is C13H9BrFNO3. The first kappa shape index (κ1) is 13.5. The number of pyridine rings is 1. The van der Waals surface area contributed by atoms with E-state index in [2.05, 4.69) is 20.9 Å². The zero-order valence-corrected chi connectivity index (χ0v) is 11.2. The zero-order chi connectivity index (χ0) is 13.8. The summed E-state index contributed by atoms with van der Waals surface area (Å²) in [5, 5.41) is 8.96. The van der Waals surface area contributed by atoms with Crippen LogP contribution in [0.15, 0.2) is 41.1 Å². The molecule has 0 amide bonds. The number of carboxylic acids is 1. The number of halogens is 2. The van der Waals surface area contributed by atoms with E-state index in [9.17, 15) is 9.18 Å². The number of benzene rings is 1. The molecule has 98 valence electrons. The van der Waals surface area contributed by atoms with Crippen molar-refractivity contribution in [3.63, 3.8) is 0 Å². The number of aromatic nitrogens is 1. The molecule has 0 aliphatic rings. The number of carbonyl (C=O) groups is 1. The third-order valence-electron chi connectivity index (χ3n) is 2.33. The van der Waals surface area contributed by atoms with Crippen molar-refractivity contribution in [1.29, 1.82) is 0 Å². The lowest BCUT2D eigenvalue weighted by atomic mass is 10.2. The highest BCUT2D eigenvalue weighted by Gasteiger charge is 2.12. The molecule has 0 radical (unpaired) electrons. The Hall–Kier alpha value is -1.95. The molecule has 2 rings (SSSR count). The van der Waals surface area contributed by atoms with Crippen LogP contribution in [0.1, 0.15) is 15.9 Å². The second-order valence-electron chi connectivity index (χ2n) is 3.75. The largest absolute Gasteiger partial charge is 0.488 e. The minimum Gasteiger partial charge on any atom is -0.488 e. The number of ether oxygens (including phenoxy) is 1. The van der Waals surface area contributed by atoms with Crippen LogP contribution in [0.5, 0.6) is 5.75 Å². The molecular weight excluding hydrogens is 317 g/mol. The van der Waals surface area contributed by atoms with Crippen LogP contribution >= 0.6 is 15.9 Å². The molecule has 19 heavy (non-hydrogen) atoms. The van der Waals surface area contributed by atoms with Gasteiger partial charge in [0.05, 0.1) is 0 Å². The van der Waals surface area contributed by atoms with Crippen LogP contribution in [-0.2, 0) is 6.61 Å². The molecule has 6 heteroatoms. The predicted octanol–water partition coefficient (Wildman–Crippen LogP) is 3.26. The molecule has 0 unspecified atom stereocenters. The highest BCUT2D eigenvalue weighted by molar-refractivity contribution is 9.10. The van der Waals surface area contributed by atoms with Gasteiger partial charge in [0.1, 0.15) is 23.7 Å². The SMILES string of the molecule is O=C(O)c1cc(F)ccc1OCc1cncc(Br)c1. The van der Waals surface area contributed by atoms with Crippen molar-refractivity contribution in [3.05, 3.63) is 58.1 Å². The van der Waals surface area contributed by atoms with E-state index in [4.69, 9.17) is 9.84 Å². The number of rotatable bonds is 4. The van der Waals surface area contributed by atoms with Crippen LogP contribution < -0.4 is 4.74 Å². The molecule has 4 nitrogen and oxygen atoms in total. The molecule has 0 aliphatic carbocycles. The Kier molecular flexibility index (Phi) is 4.11. The van der Waals surface area contributed by atoms with Gasteiger partial charge in [0.15, 0.2) is 0 Å². The van der Waals surface area contributed by atoms with E-state index in [1.54, 1.807) is 18.5 Å². The third-order valence-corrected chi connectivity index (χ3v) is 2.76. The van der Waals surface area contributed by atoms with Crippen molar-refractivity contribution >= 4 is 21.9 Å². The van der Waals surface area contributed by atoms with Gasteiger partial charge in [-0.05, 0) is 40.2 Å². The maximum Gasteiger partial charge on any atom is 0.339 e. The van der Waals surface area contributed by atoms with Crippen LogP contribution in [-0.4, -0.2) is 16.1 Å². The smallest absolute Gasteiger partial charge is 0.339 e. The Morgan fingerprint density at radius 2 is 2.16 bits per heavy atom. The van der Waals surface area contributed by atoms with E-state index in [-0.39, 0.29) is 17.9 Å². The van der Waals surface area contributed by atoms with Crippen molar-refractivity contribution in [2.45, 2.75) is 6.61 Å². The van der Waals surface area contributed by atoms with Crippen molar-refractivity contribution in [2.75, 3.05) is 0 Å². The lowest BCUT2D eigenvalue weighted by molar-refractivity contribution is 0.0691. The summed E-state index contributed by atoms with van der Waals surface area (Å²) < 4.78 is 19.2. The van der Waals surface area contributed by atoms with E-state index in [1.165, 1.54) is 6.07 Å².